The molecule has 0 aromatic carbocycles. The van der Waals surface area contributed by atoms with Gasteiger partial charge in [0.15, 0.2) is 0 Å². The third-order valence-electron chi connectivity index (χ3n) is 1.76. The van der Waals surface area contributed by atoms with Crippen LogP contribution in [0.3, 0.4) is 0 Å². The Morgan fingerprint density at radius 1 is 1.50 bits per heavy atom. The summed E-state index contributed by atoms with van der Waals surface area (Å²) in [5.74, 6) is 0. The van der Waals surface area contributed by atoms with E-state index in [1.54, 1.807) is 11.3 Å². The first kappa shape index (κ1) is 5.92. The fourth-order valence-corrected chi connectivity index (χ4v) is 2.22. The highest BCUT2D eigenvalue weighted by atomic mass is 32.1. The van der Waals surface area contributed by atoms with Crippen LogP contribution in [0.25, 0.3) is 0 Å². The van der Waals surface area contributed by atoms with Gasteiger partial charge in [0.2, 0.25) is 0 Å². The Bertz CT molecular complexity index is 277. The number of rotatable bonds is 0. The molecule has 1 aliphatic rings. The van der Waals surface area contributed by atoms with E-state index in [-0.39, 0.29) is 0 Å². The van der Waals surface area contributed by atoms with E-state index in [1.807, 2.05) is 5.38 Å². The first-order valence-corrected chi connectivity index (χ1v) is 4.07. The Balaban J connectivity index is 2.53. The maximum absolute atomic E-state index is 8.53. The van der Waals surface area contributed by atoms with Crippen molar-refractivity contribution < 1.29 is 5.21 Å². The normalized spacial score (nSPS) is 19.8. The Morgan fingerprint density at radius 3 is 3.20 bits per heavy atom. The van der Waals surface area contributed by atoms with Crippen LogP contribution in [-0.2, 0) is 6.42 Å². The molecule has 0 amide bonds. The molecule has 1 aromatic rings. The van der Waals surface area contributed by atoms with Crippen molar-refractivity contribution in [3.05, 3.63) is 21.9 Å². The zero-order chi connectivity index (χ0) is 6.97. The van der Waals surface area contributed by atoms with Gasteiger partial charge in [0.25, 0.3) is 0 Å². The molecule has 0 radical (unpaired) electrons. The summed E-state index contributed by atoms with van der Waals surface area (Å²) >= 11 is 1.65. The van der Waals surface area contributed by atoms with Crippen LogP contribution in [0.2, 0.25) is 0 Å². The van der Waals surface area contributed by atoms with E-state index in [0.717, 1.165) is 18.6 Å². The fraction of sp³-hybridized carbons (Fsp3) is 0.286. The molecule has 52 valence electrons. The summed E-state index contributed by atoms with van der Waals surface area (Å²) < 4.78 is 0. The average Bonchev–Trinajstić information content (AvgIpc) is 2.44. The van der Waals surface area contributed by atoms with Crippen LogP contribution >= 0.6 is 11.3 Å². The lowest BCUT2D eigenvalue weighted by atomic mass is 10.3. The van der Waals surface area contributed by atoms with Gasteiger partial charge in [0.1, 0.15) is 0 Å². The van der Waals surface area contributed by atoms with Gasteiger partial charge in [-0.25, -0.2) is 0 Å². The van der Waals surface area contributed by atoms with E-state index < -0.39 is 0 Å². The Hall–Kier alpha value is -0.830. The van der Waals surface area contributed by atoms with E-state index in [2.05, 4.69) is 11.2 Å². The molecule has 0 fully saturated rings. The number of fused-ring (bicyclic) bond motifs is 1. The minimum atomic E-state index is 0.852. The predicted octanol–water partition coefficient (Wildman–Crippen LogP) is 1.87. The molecule has 1 heterocycles. The zero-order valence-electron chi connectivity index (χ0n) is 5.37. The molecule has 0 aliphatic heterocycles. The second-order valence-corrected chi connectivity index (χ2v) is 3.24. The molecular weight excluding hydrogens is 146 g/mol. The molecular formula is C7H7NOS. The summed E-state index contributed by atoms with van der Waals surface area (Å²) in [6, 6.07) is 2.10. The van der Waals surface area contributed by atoms with Gasteiger partial charge in [-0.15, -0.1) is 11.3 Å². The summed E-state index contributed by atoms with van der Waals surface area (Å²) in [7, 11) is 0. The summed E-state index contributed by atoms with van der Waals surface area (Å²) in [5, 5.41) is 13.8. The van der Waals surface area contributed by atoms with Crippen LogP contribution in [-0.4, -0.2) is 10.9 Å². The van der Waals surface area contributed by atoms with Crippen LogP contribution in [0.4, 0.5) is 0 Å². The monoisotopic (exact) mass is 153 g/mol. The summed E-state index contributed by atoms with van der Waals surface area (Å²) in [4.78, 5) is 1.17. The van der Waals surface area contributed by atoms with Crippen molar-refractivity contribution in [2.45, 2.75) is 12.8 Å². The van der Waals surface area contributed by atoms with Gasteiger partial charge in [-0.2, -0.15) is 0 Å². The van der Waals surface area contributed by atoms with E-state index in [4.69, 9.17) is 5.21 Å². The fourth-order valence-electron chi connectivity index (χ4n) is 1.25. The highest BCUT2D eigenvalue weighted by Gasteiger charge is 2.18. The molecule has 0 spiro atoms. The molecule has 0 atom stereocenters. The van der Waals surface area contributed by atoms with Gasteiger partial charge in [0.05, 0.1) is 10.6 Å². The summed E-state index contributed by atoms with van der Waals surface area (Å²) in [6.07, 6.45) is 1.94. The highest BCUT2D eigenvalue weighted by molar-refractivity contribution is 7.12. The second-order valence-electron chi connectivity index (χ2n) is 2.32. The first-order valence-electron chi connectivity index (χ1n) is 3.19. The van der Waals surface area contributed by atoms with Gasteiger partial charge >= 0.3 is 0 Å². The molecule has 1 aliphatic carbocycles. The van der Waals surface area contributed by atoms with Gasteiger partial charge in [0, 0.05) is 0 Å². The zero-order valence-corrected chi connectivity index (χ0v) is 6.19. The topological polar surface area (TPSA) is 32.6 Å². The van der Waals surface area contributed by atoms with Crippen LogP contribution in [0.5, 0.6) is 0 Å². The molecule has 1 aromatic heterocycles. The molecule has 0 bridgehead atoms. The molecule has 10 heavy (non-hydrogen) atoms. The van der Waals surface area contributed by atoms with Crippen molar-refractivity contribution >= 4 is 17.0 Å². The van der Waals surface area contributed by atoms with Gasteiger partial charge in [-0.1, -0.05) is 5.16 Å². The van der Waals surface area contributed by atoms with Gasteiger partial charge < -0.3 is 5.21 Å². The molecule has 3 heteroatoms. The lowest BCUT2D eigenvalue weighted by Gasteiger charge is -1.86. The van der Waals surface area contributed by atoms with E-state index in [1.165, 1.54) is 10.4 Å². The van der Waals surface area contributed by atoms with Gasteiger partial charge in [-0.3, -0.25) is 0 Å². The third-order valence-corrected chi connectivity index (χ3v) is 2.77. The van der Waals surface area contributed by atoms with Crippen molar-refractivity contribution in [1.82, 2.24) is 0 Å². The van der Waals surface area contributed by atoms with Crippen LogP contribution < -0.4 is 0 Å². The largest absolute Gasteiger partial charge is 0.411 e. The summed E-state index contributed by atoms with van der Waals surface area (Å²) in [5.41, 5.74) is 2.18. The van der Waals surface area contributed by atoms with Crippen molar-refractivity contribution in [2.75, 3.05) is 0 Å². The Kier molecular flexibility index (Phi) is 1.24. The quantitative estimate of drug-likeness (QED) is 0.448. The van der Waals surface area contributed by atoms with Crippen molar-refractivity contribution in [3.8, 4) is 0 Å². The standard InChI is InChI=1S/C7H7NOS/c9-8-6-2-1-5-3-4-10-7(5)6/h3-4,9H,1-2H2. The second kappa shape index (κ2) is 2.09. The van der Waals surface area contributed by atoms with E-state index in [0.29, 0.717) is 0 Å². The van der Waals surface area contributed by atoms with Crippen molar-refractivity contribution in [3.63, 3.8) is 0 Å². The highest BCUT2D eigenvalue weighted by Crippen LogP contribution is 2.27. The number of thiophene rings is 1. The minimum Gasteiger partial charge on any atom is -0.411 e. The Labute approximate surface area is 62.8 Å². The number of aryl methyl sites for hydroxylation is 1. The molecule has 0 saturated heterocycles. The van der Waals surface area contributed by atoms with Crippen molar-refractivity contribution in [2.24, 2.45) is 5.16 Å². The van der Waals surface area contributed by atoms with Crippen LogP contribution in [0.15, 0.2) is 16.6 Å². The number of nitrogens with zero attached hydrogens (tertiary/aromatic N) is 1. The van der Waals surface area contributed by atoms with E-state index in [9.17, 15) is 0 Å². The molecule has 0 saturated carbocycles. The smallest absolute Gasteiger partial charge is 0.0973 e. The summed E-state index contributed by atoms with van der Waals surface area (Å²) in [6.45, 7) is 0. The molecule has 2 rings (SSSR count). The van der Waals surface area contributed by atoms with Gasteiger partial charge in [-0.05, 0) is 29.9 Å². The lowest BCUT2D eigenvalue weighted by molar-refractivity contribution is 0.318. The molecule has 0 unspecified atom stereocenters. The maximum Gasteiger partial charge on any atom is 0.0973 e. The molecule has 1 N–H and O–H groups in total. The van der Waals surface area contributed by atoms with Crippen LogP contribution in [0, 0.1) is 0 Å². The SMILES string of the molecule is ON=C1CCc2ccsc21. The molecule has 2 nitrogen and oxygen atoms in total. The number of hydrogen-bond acceptors (Lipinski definition) is 3. The minimum absolute atomic E-state index is 0.852. The Morgan fingerprint density at radius 2 is 2.40 bits per heavy atom. The van der Waals surface area contributed by atoms with Crippen molar-refractivity contribution in [1.29, 1.82) is 0 Å². The number of oxime groups is 1. The maximum atomic E-state index is 8.53. The van der Waals surface area contributed by atoms with Crippen LogP contribution in [0.1, 0.15) is 16.9 Å². The number of hydrogen-bond donors (Lipinski definition) is 1. The third kappa shape index (κ3) is 0.671. The average molecular weight is 153 g/mol. The first-order chi connectivity index (χ1) is 4.92. The predicted molar refractivity (Wildman–Crippen MR) is 41.0 cm³/mol. The van der Waals surface area contributed by atoms with E-state index >= 15 is 0 Å². The lowest BCUT2D eigenvalue weighted by Crippen LogP contribution is -1.89.